The first-order chi connectivity index (χ1) is 6.70. The molecule has 2 unspecified atom stereocenters. The van der Waals surface area contributed by atoms with Gasteiger partial charge in [0.2, 0.25) is 0 Å². The Kier molecular flexibility index (Phi) is 4.90. The van der Waals surface area contributed by atoms with Gasteiger partial charge < -0.3 is 5.32 Å². The van der Waals surface area contributed by atoms with Crippen LogP contribution >= 0.6 is 0 Å². The Bertz CT molecular complexity index is 156. The van der Waals surface area contributed by atoms with Crippen molar-refractivity contribution in [2.75, 3.05) is 13.1 Å². The van der Waals surface area contributed by atoms with Crippen LogP contribution in [-0.4, -0.2) is 36.1 Å². The van der Waals surface area contributed by atoms with Gasteiger partial charge in [-0.15, -0.1) is 0 Å². The van der Waals surface area contributed by atoms with Crippen LogP contribution in [0, 0.1) is 0 Å². The van der Waals surface area contributed by atoms with E-state index < -0.39 is 0 Å². The molecule has 0 spiro atoms. The quantitative estimate of drug-likeness (QED) is 0.729. The fraction of sp³-hybridized carbons (Fsp3) is 1.00. The minimum Gasteiger partial charge on any atom is -0.313 e. The molecule has 0 bridgehead atoms. The maximum Gasteiger partial charge on any atom is 0.0251 e. The van der Waals surface area contributed by atoms with Gasteiger partial charge in [0.1, 0.15) is 0 Å². The smallest absolute Gasteiger partial charge is 0.0251 e. The molecule has 84 valence electrons. The Morgan fingerprint density at radius 2 is 2.00 bits per heavy atom. The van der Waals surface area contributed by atoms with Gasteiger partial charge in [0.05, 0.1) is 0 Å². The normalized spacial score (nSPS) is 27.9. The van der Waals surface area contributed by atoms with Crippen molar-refractivity contribution in [3.8, 4) is 0 Å². The summed E-state index contributed by atoms with van der Waals surface area (Å²) >= 11 is 0. The molecule has 14 heavy (non-hydrogen) atoms. The molecule has 2 atom stereocenters. The predicted octanol–water partition coefficient (Wildman–Crippen LogP) is 2.25. The first-order valence-electron chi connectivity index (χ1n) is 6.19. The summed E-state index contributed by atoms with van der Waals surface area (Å²) in [5.41, 5.74) is 0. The molecule has 0 heterocycles. The summed E-state index contributed by atoms with van der Waals surface area (Å²) in [7, 11) is 0. The van der Waals surface area contributed by atoms with Crippen molar-refractivity contribution in [3.05, 3.63) is 0 Å². The monoisotopic (exact) mass is 198 g/mol. The Morgan fingerprint density at radius 3 is 2.50 bits per heavy atom. The van der Waals surface area contributed by atoms with E-state index in [0.29, 0.717) is 6.04 Å². The summed E-state index contributed by atoms with van der Waals surface area (Å²) in [6.07, 6.45) is 4.14. The Balaban J connectivity index is 2.54. The van der Waals surface area contributed by atoms with Crippen LogP contribution in [0.4, 0.5) is 0 Å². The number of hydrogen-bond donors (Lipinski definition) is 1. The largest absolute Gasteiger partial charge is 0.313 e. The highest BCUT2D eigenvalue weighted by atomic mass is 15.2. The number of nitrogens with one attached hydrogen (secondary N) is 1. The summed E-state index contributed by atoms with van der Waals surface area (Å²) in [4.78, 5) is 2.64. The average molecular weight is 198 g/mol. The second-order valence-corrected chi connectivity index (χ2v) is 4.59. The molecule has 0 aromatic heterocycles. The molecule has 0 saturated heterocycles. The van der Waals surface area contributed by atoms with Crippen molar-refractivity contribution in [1.29, 1.82) is 0 Å². The van der Waals surface area contributed by atoms with Crippen molar-refractivity contribution in [2.24, 2.45) is 0 Å². The molecule has 1 fully saturated rings. The molecule has 0 aromatic rings. The van der Waals surface area contributed by atoms with Gasteiger partial charge in [-0.3, -0.25) is 4.90 Å². The molecule has 0 aliphatic heterocycles. The molecule has 0 amide bonds. The number of hydrogen-bond acceptors (Lipinski definition) is 2. The lowest BCUT2D eigenvalue weighted by Gasteiger charge is -2.35. The molecule has 0 aromatic carbocycles. The zero-order valence-corrected chi connectivity index (χ0v) is 10.2. The molecule has 1 rings (SSSR count). The lowest BCUT2D eigenvalue weighted by Crippen LogP contribution is -2.49. The molecular weight excluding hydrogens is 172 g/mol. The topological polar surface area (TPSA) is 15.3 Å². The van der Waals surface area contributed by atoms with Crippen LogP contribution in [-0.2, 0) is 0 Å². The first-order valence-corrected chi connectivity index (χ1v) is 6.19. The third-order valence-electron chi connectivity index (χ3n) is 3.40. The minimum absolute atomic E-state index is 0.684. The summed E-state index contributed by atoms with van der Waals surface area (Å²) in [5, 5.41) is 3.62. The van der Waals surface area contributed by atoms with Crippen molar-refractivity contribution >= 4 is 0 Å². The fourth-order valence-electron chi connectivity index (χ4n) is 2.82. The molecule has 2 nitrogen and oxygen atoms in total. The molecule has 1 aliphatic carbocycles. The van der Waals surface area contributed by atoms with E-state index in [2.05, 4.69) is 37.9 Å². The molecule has 2 heteroatoms. The van der Waals surface area contributed by atoms with E-state index in [4.69, 9.17) is 0 Å². The Hall–Kier alpha value is -0.0800. The SMILES string of the molecule is CCNC1CCCC1N(CC)C(C)C. The Labute approximate surface area is 89.1 Å². The van der Waals surface area contributed by atoms with E-state index >= 15 is 0 Å². The molecule has 1 N–H and O–H groups in total. The van der Waals surface area contributed by atoms with Crippen molar-refractivity contribution < 1.29 is 0 Å². The number of likely N-dealkylation sites (N-methyl/N-ethyl adjacent to an activating group) is 2. The third-order valence-corrected chi connectivity index (χ3v) is 3.40. The maximum absolute atomic E-state index is 3.62. The van der Waals surface area contributed by atoms with Crippen molar-refractivity contribution in [3.63, 3.8) is 0 Å². The highest BCUT2D eigenvalue weighted by molar-refractivity contribution is 4.90. The molecule has 1 aliphatic rings. The van der Waals surface area contributed by atoms with E-state index in [1.54, 1.807) is 0 Å². The third kappa shape index (κ3) is 2.71. The second-order valence-electron chi connectivity index (χ2n) is 4.59. The van der Waals surface area contributed by atoms with Crippen LogP contribution in [0.3, 0.4) is 0 Å². The van der Waals surface area contributed by atoms with Gasteiger partial charge in [0, 0.05) is 18.1 Å². The lowest BCUT2D eigenvalue weighted by atomic mass is 10.1. The van der Waals surface area contributed by atoms with E-state index in [9.17, 15) is 0 Å². The lowest BCUT2D eigenvalue weighted by molar-refractivity contribution is 0.142. The zero-order valence-electron chi connectivity index (χ0n) is 10.2. The van der Waals surface area contributed by atoms with E-state index in [1.165, 1.54) is 25.8 Å². The van der Waals surface area contributed by atoms with Gasteiger partial charge in [-0.2, -0.15) is 0 Å². The minimum atomic E-state index is 0.684. The van der Waals surface area contributed by atoms with Crippen molar-refractivity contribution in [1.82, 2.24) is 10.2 Å². The van der Waals surface area contributed by atoms with Crippen LogP contribution in [0.15, 0.2) is 0 Å². The summed E-state index contributed by atoms with van der Waals surface area (Å²) < 4.78 is 0. The first kappa shape index (κ1) is 12.0. The standard InChI is InChI=1S/C12H26N2/c1-5-13-11-8-7-9-12(11)14(6-2)10(3)4/h10-13H,5-9H2,1-4H3. The van der Waals surface area contributed by atoms with Gasteiger partial charge in [-0.25, -0.2) is 0 Å². The van der Waals surface area contributed by atoms with Crippen LogP contribution in [0.25, 0.3) is 0 Å². The highest BCUT2D eigenvalue weighted by Gasteiger charge is 2.31. The maximum atomic E-state index is 3.62. The van der Waals surface area contributed by atoms with E-state index in [1.807, 2.05) is 0 Å². The van der Waals surface area contributed by atoms with Crippen LogP contribution in [0.2, 0.25) is 0 Å². The molecule has 0 radical (unpaired) electrons. The summed E-state index contributed by atoms with van der Waals surface area (Å²) in [6.45, 7) is 11.4. The van der Waals surface area contributed by atoms with Crippen LogP contribution in [0.1, 0.15) is 47.0 Å². The van der Waals surface area contributed by atoms with Gasteiger partial charge in [-0.05, 0) is 39.8 Å². The summed E-state index contributed by atoms with van der Waals surface area (Å²) in [5.74, 6) is 0. The highest BCUT2D eigenvalue weighted by Crippen LogP contribution is 2.25. The molecule has 1 saturated carbocycles. The molecular formula is C12H26N2. The van der Waals surface area contributed by atoms with Gasteiger partial charge >= 0.3 is 0 Å². The fourth-order valence-corrected chi connectivity index (χ4v) is 2.82. The van der Waals surface area contributed by atoms with Crippen molar-refractivity contribution in [2.45, 2.75) is 65.1 Å². The van der Waals surface area contributed by atoms with Gasteiger partial charge in [-0.1, -0.05) is 20.3 Å². The summed E-state index contributed by atoms with van der Waals surface area (Å²) in [6, 6.07) is 2.20. The Morgan fingerprint density at radius 1 is 1.29 bits per heavy atom. The van der Waals surface area contributed by atoms with E-state index in [0.717, 1.165) is 18.6 Å². The second kappa shape index (κ2) is 5.72. The van der Waals surface area contributed by atoms with Crippen LogP contribution in [0.5, 0.6) is 0 Å². The van der Waals surface area contributed by atoms with Gasteiger partial charge in [0.15, 0.2) is 0 Å². The number of nitrogens with zero attached hydrogens (tertiary/aromatic N) is 1. The van der Waals surface area contributed by atoms with Gasteiger partial charge in [0.25, 0.3) is 0 Å². The number of rotatable bonds is 5. The van der Waals surface area contributed by atoms with Crippen LogP contribution < -0.4 is 5.32 Å². The predicted molar refractivity (Wildman–Crippen MR) is 62.6 cm³/mol. The zero-order chi connectivity index (χ0) is 10.6. The average Bonchev–Trinajstić information content (AvgIpc) is 2.55. The van der Waals surface area contributed by atoms with E-state index in [-0.39, 0.29) is 0 Å².